The molecule has 1 N–H and O–H groups in total. The molecule has 0 aliphatic carbocycles. The zero-order chi connectivity index (χ0) is 13.4. The Morgan fingerprint density at radius 1 is 1.39 bits per heavy atom. The van der Waals surface area contributed by atoms with Crippen molar-refractivity contribution in [3.8, 4) is 0 Å². The Kier molecular flexibility index (Phi) is 7.52. The smallest absolute Gasteiger partial charge is 0.126 e. The molecule has 0 saturated heterocycles. The van der Waals surface area contributed by atoms with Crippen LogP contribution in [-0.2, 0) is 5.75 Å². The van der Waals surface area contributed by atoms with Gasteiger partial charge in [-0.1, -0.05) is 38.8 Å². The van der Waals surface area contributed by atoms with Crippen LogP contribution in [-0.4, -0.2) is 17.3 Å². The third-order valence-electron chi connectivity index (χ3n) is 2.81. The van der Waals surface area contributed by atoms with Crippen LogP contribution in [0, 0.1) is 5.92 Å². The lowest BCUT2D eigenvalue weighted by Gasteiger charge is -2.10. The Hall–Kier alpha value is -0.410. The molecule has 0 saturated carbocycles. The Labute approximate surface area is 120 Å². The van der Waals surface area contributed by atoms with E-state index in [2.05, 4.69) is 31.1 Å². The summed E-state index contributed by atoms with van der Waals surface area (Å²) < 4.78 is 0. The van der Waals surface area contributed by atoms with Crippen molar-refractivity contribution >= 4 is 29.2 Å². The maximum absolute atomic E-state index is 6.18. The first-order valence-corrected chi connectivity index (χ1v) is 8.17. The van der Waals surface area contributed by atoms with E-state index in [0.29, 0.717) is 0 Å². The van der Waals surface area contributed by atoms with E-state index in [1.54, 1.807) is 0 Å². The second-order valence-corrected chi connectivity index (χ2v) is 6.02. The van der Waals surface area contributed by atoms with Crippen molar-refractivity contribution in [2.75, 3.05) is 17.6 Å². The SMILES string of the molecule is CCCNc1ccc(Cl)c(CSCC(C)CC)n1. The number of anilines is 1. The van der Waals surface area contributed by atoms with E-state index < -0.39 is 0 Å². The number of nitrogens with one attached hydrogen (secondary N) is 1. The van der Waals surface area contributed by atoms with E-state index in [0.717, 1.165) is 41.2 Å². The number of nitrogens with zero attached hydrogens (tertiary/aromatic N) is 1. The molecular weight excluding hydrogens is 264 g/mol. The highest BCUT2D eigenvalue weighted by Crippen LogP contribution is 2.23. The first-order chi connectivity index (χ1) is 8.67. The van der Waals surface area contributed by atoms with Crippen molar-refractivity contribution in [3.05, 3.63) is 22.8 Å². The Morgan fingerprint density at radius 3 is 2.83 bits per heavy atom. The fourth-order valence-electron chi connectivity index (χ4n) is 1.41. The molecule has 0 aliphatic rings. The van der Waals surface area contributed by atoms with Crippen LogP contribution < -0.4 is 5.32 Å². The van der Waals surface area contributed by atoms with Gasteiger partial charge in [0.15, 0.2) is 0 Å². The van der Waals surface area contributed by atoms with Crippen LogP contribution in [0.5, 0.6) is 0 Å². The number of aromatic nitrogens is 1. The fourth-order valence-corrected chi connectivity index (χ4v) is 2.83. The second kappa shape index (κ2) is 8.65. The van der Waals surface area contributed by atoms with Gasteiger partial charge in [-0.3, -0.25) is 0 Å². The van der Waals surface area contributed by atoms with Crippen LogP contribution in [0.1, 0.15) is 39.3 Å². The average Bonchev–Trinajstić information content (AvgIpc) is 2.39. The minimum absolute atomic E-state index is 0.759. The molecule has 2 nitrogen and oxygen atoms in total. The summed E-state index contributed by atoms with van der Waals surface area (Å²) in [6.07, 6.45) is 2.33. The van der Waals surface area contributed by atoms with Gasteiger partial charge in [-0.05, 0) is 30.2 Å². The first kappa shape index (κ1) is 15.6. The standard InChI is InChI=1S/C14H23ClN2S/c1-4-8-16-14-7-6-12(15)13(17-14)10-18-9-11(3)5-2/h6-7,11H,4-5,8-10H2,1-3H3,(H,16,17). The van der Waals surface area contributed by atoms with Gasteiger partial charge in [-0.15, -0.1) is 0 Å². The molecule has 0 aliphatic heterocycles. The quantitative estimate of drug-likeness (QED) is 0.740. The van der Waals surface area contributed by atoms with Gasteiger partial charge in [-0.25, -0.2) is 4.98 Å². The zero-order valence-electron chi connectivity index (χ0n) is 11.5. The van der Waals surface area contributed by atoms with Gasteiger partial charge < -0.3 is 5.32 Å². The molecule has 4 heteroatoms. The van der Waals surface area contributed by atoms with Crippen LogP contribution in [0.25, 0.3) is 0 Å². The third-order valence-corrected chi connectivity index (χ3v) is 4.44. The monoisotopic (exact) mass is 286 g/mol. The number of hydrogen-bond acceptors (Lipinski definition) is 3. The molecule has 1 aromatic heterocycles. The Balaban J connectivity index is 2.52. The van der Waals surface area contributed by atoms with Crippen molar-refractivity contribution < 1.29 is 0 Å². The lowest BCUT2D eigenvalue weighted by Crippen LogP contribution is -2.04. The van der Waals surface area contributed by atoms with Crippen LogP contribution >= 0.6 is 23.4 Å². The molecule has 1 heterocycles. The molecular formula is C14H23ClN2S. The van der Waals surface area contributed by atoms with Crippen LogP contribution in [0.15, 0.2) is 12.1 Å². The van der Waals surface area contributed by atoms with Crippen molar-refractivity contribution in [1.29, 1.82) is 0 Å². The minimum atomic E-state index is 0.759. The molecule has 0 aromatic carbocycles. The highest BCUT2D eigenvalue weighted by Gasteiger charge is 2.06. The molecule has 18 heavy (non-hydrogen) atoms. The number of rotatable bonds is 8. The summed E-state index contributed by atoms with van der Waals surface area (Å²) >= 11 is 8.09. The number of pyridine rings is 1. The molecule has 0 bridgehead atoms. The zero-order valence-corrected chi connectivity index (χ0v) is 13.1. The number of halogens is 1. The molecule has 0 spiro atoms. The van der Waals surface area contributed by atoms with Crippen molar-refractivity contribution in [1.82, 2.24) is 4.98 Å². The van der Waals surface area contributed by atoms with E-state index in [1.165, 1.54) is 12.2 Å². The molecule has 102 valence electrons. The molecule has 1 unspecified atom stereocenters. The fraction of sp³-hybridized carbons (Fsp3) is 0.643. The lowest BCUT2D eigenvalue weighted by atomic mass is 10.2. The predicted molar refractivity (Wildman–Crippen MR) is 83.6 cm³/mol. The topological polar surface area (TPSA) is 24.9 Å². The molecule has 1 atom stereocenters. The predicted octanol–water partition coefficient (Wildman–Crippen LogP) is 4.84. The largest absolute Gasteiger partial charge is 0.370 e. The highest BCUT2D eigenvalue weighted by atomic mass is 35.5. The van der Waals surface area contributed by atoms with Gasteiger partial charge in [-0.2, -0.15) is 11.8 Å². The molecule has 1 aromatic rings. The summed E-state index contributed by atoms with van der Waals surface area (Å²) in [5.41, 5.74) is 0.992. The van der Waals surface area contributed by atoms with Gasteiger partial charge in [0.25, 0.3) is 0 Å². The normalized spacial score (nSPS) is 12.4. The lowest BCUT2D eigenvalue weighted by molar-refractivity contribution is 0.637. The summed E-state index contributed by atoms with van der Waals surface area (Å²) in [7, 11) is 0. The first-order valence-electron chi connectivity index (χ1n) is 6.64. The molecule has 0 fully saturated rings. The average molecular weight is 287 g/mol. The van der Waals surface area contributed by atoms with E-state index >= 15 is 0 Å². The molecule has 1 rings (SSSR count). The summed E-state index contributed by atoms with van der Waals surface area (Å²) in [5.74, 6) is 3.75. The van der Waals surface area contributed by atoms with Gasteiger partial charge in [0.1, 0.15) is 5.82 Å². The maximum Gasteiger partial charge on any atom is 0.126 e. The van der Waals surface area contributed by atoms with Crippen molar-refractivity contribution in [3.63, 3.8) is 0 Å². The summed E-state index contributed by atoms with van der Waals surface area (Å²) in [6, 6.07) is 3.88. The maximum atomic E-state index is 6.18. The Bertz CT molecular complexity index is 358. The number of thioether (sulfide) groups is 1. The van der Waals surface area contributed by atoms with E-state index in [9.17, 15) is 0 Å². The van der Waals surface area contributed by atoms with Crippen LogP contribution in [0.2, 0.25) is 5.02 Å². The Morgan fingerprint density at radius 2 is 2.17 bits per heavy atom. The number of hydrogen-bond donors (Lipinski definition) is 1. The van der Waals surface area contributed by atoms with Gasteiger partial charge in [0.05, 0.1) is 10.7 Å². The van der Waals surface area contributed by atoms with Crippen LogP contribution in [0.3, 0.4) is 0 Å². The van der Waals surface area contributed by atoms with Gasteiger partial charge in [0, 0.05) is 12.3 Å². The van der Waals surface area contributed by atoms with Gasteiger partial charge >= 0.3 is 0 Å². The van der Waals surface area contributed by atoms with E-state index in [1.807, 2.05) is 23.9 Å². The molecule has 0 amide bonds. The minimum Gasteiger partial charge on any atom is -0.370 e. The summed E-state index contributed by atoms with van der Waals surface area (Å²) in [5, 5.41) is 4.07. The van der Waals surface area contributed by atoms with E-state index in [-0.39, 0.29) is 0 Å². The summed E-state index contributed by atoms with van der Waals surface area (Å²) in [4.78, 5) is 4.57. The van der Waals surface area contributed by atoms with Gasteiger partial charge in [0.2, 0.25) is 0 Å². The van der Waals surface area contributed by atoms with Crippen molar-refractivity contribution in [2.24, 2.45) is 5.92 Å². The second-order valence-electron chi connectivity index (χ2n) is 4.58. The summed E-state index contributed by atoms with van der Waals surface area (Å²) in [6.45, 7) is 7.60. The van der Waals surface area contributed by atoms with Crippen LogP contribution in [0.4, 0.5) is 5.82 Å². The highest BCUT2D eigenvalue weighted by molar-refractivity contribution is 7.98. The van der Waals surface area contributed by atoms with E-state index in [4.69, 9.17) is 11.6 Å². The van der Waals surface area contributed by atoms with Crippen molar-refractivity contribution in [2.45, 2.75) is 39.4 Å². The third kappa shape index (κ3) is 5.49. The molecule has 0 radical (unpaired) electrons.